The van der Waals surface area contributed by atoms with Crippen LogP contribution in [0.2, 0.25) is 0 Å². The molecule has 2 N–H and O–H groups in total. The monoisotopic (exact) mass is 554 g/mol. The Morgan fingerprint density at radius 1 is 1.24 bits per heavy atom. The second-order valence-corrected chi connectivity index (χ2v) is 11.0. The molecular weight excluding hydrogens is 516 g/mol. The van der Waals surface area contributed by atoms with Gasteiger partial charge in [0.15, 0.2) is 0 Å². The van der Waals surface area contributed by atoms with E-state index in [0.717, 1.165) is 48.0 Å². The molecule has 4 heterocycles. The molecule has 0 aliphatic carbocycles. The molecule has 3 fully saturated rings. The number of piperidine rings is 3. The first kappa shape index (κ1) is 28.8. The van der Waals surface area contributed by atoms with Crippen molar-refractivity contribution in [3.8, 4) is 17.6 Å². The SMILES string of the molecule is C=C[C@H]1CN2CCC1C[C@H]2[C@H](O)c1c(C#Cc2ccc(C(C)C(=O)OCC)cc2CO)cnc2ccc(OC)cc12. The molecule has 1 aromatic heterocycles. The molecule has 3 aromatic rings. The first-order chi connectivity index (χ1) is 19.9. The summed E-state index contributed by atoms with van der Waals surface area (Å²) in [5.74, 6) is 7.35. The largest absolute Gasteiger partial charge is 0.497 e. The number of fused-ring (bicyclic) bond motifs is 4. The quantitative estimate of drug-likeness (QED) is 0.236. The van der Waals surface area contributed by atoms with Gasteiger partial charge in [0.25, 0.3) is 0 Å². The number of benzene rings is 2. The van der Waals surface area contributed by atoms with Gasteiger partial charge in [-0.1, -0.05) is 30.0 Å². The van der Waals surface area contributed by atoms with Crippen molar-refractivity contribution in [1.29, 1.82) is 0 Å². The van der Waals surface area contributed by atoms with Gasteiger partial charge in [-0.2, -0.15) is 0 Å². The number of carbonyl (C=O) groups excluding carboxylic acids is 1. The topological polar surface area (TPSA) is 92.1 Å². The fraction of sp³-hybridized carbons (Fsp3) is 0.412. The van der Waals surface area contributed by atoms with Crippen LogP contribution in [-0.4, -0.2) is 58.9 Å². The minimum atomic E-state index is -0.768. The number of ether oxygens (including phenoxy) is 2. The molecule has 2 bridgehead atoms. The molecule has 3 unspecified atom stereocenters. The van der Waals surface area contributed by atoms with E-state index >= 15 is 0 Å². The van der Waals surface area contributed by atoms with Crippen LogP contribution in [0.25, 0.3) is 10.9 Å². The lowest BCUT2D eigenvalue weighted by molar-refractivity contribution is -0.144. The van der Waals surface area contributed by atoms with Crippen molar-refractivity contribution in [1.82, 2.24) is 9.88 Å². The predicted octanol–water partition coefficient (Wildman–Crippen LogP) is 4.73. The second-order valence-electron chi connectivity index (χ2n) is 11.0. The highest BCUT2D eigenvalue weighted by molar-refractivity contribution is 5.86. The predicted molar refractivity (Wildman–Crippen MR) is 158 cm³/mol. The summed E-state index contributed by atoms with van der Waals surface area (Å²) in [6.45, 7) is 9.55. The number of nitrogens with zero attached hydrogens (tertiary/aromatic N) is 2. The highest BCUT2D eigenvalue weighted by atomic mass is 16.5. The second kappa shape index (κ2) is 12.4. The number of aromatic nitrogens is 1. The summed E-state index contributed by atoms with van der Waals surface area (Å²) in [6.07, 6.45) is 5.02. The summed E-state index contributed by atoms with van der Waals surface area (Å²) in [7, 11) is 1.62. The number of rotatable bonds is 8. The third-order valence-electron chi connectivity index (χ3n) is 8.70. The van der Waals surface area contributed by atoms with E-state index in [1.807, 2.05) is 30.3 Å². The Morgan fingerprint density at radius 3 is 2.73 bits per heavy atom. The van der Waals surface area contributed by atoms with Gasteiger partial charge in [0, 0.05) is 40.9 Å². The number of carbonyl (C=O) groups is 1. The number of pyridine rings is 1. The van der Waals surface area contributed by atoms with E-state index in [0.29, 0.717) is 40.9 Å². The summed E-state index contributed by atoms with van der Waals surface area (Å²) in [5, 5.41) is 22.9. The highest BCUT2D eigenvalue weighted by Crippen LogP contribution is 2.43. The summed E-state index contributed by atoms with van der Waals surface area (Å²) < 4.78 is 10.7. The summed E-state index contributed by atoms with van der Waals surface area (Å²) >= 11 is 0. The van der Waals surface area contributed by atoms with Crippen LogP contribution >= 0.6 is 0 Å². The van der Waals surface area contributed by atoms with Crippen LogP contribution in [-0.2, 0) is 16.1 Å². The van der Waals surface area contributed by atoms with Crippen LogP contribution in [0, 0.1) is 23.7 Å². The average molecular weight is 555 g/mol. The molecule has 2 aromatic carbocycles. The highest BCUT2D eigenvalue weighted by Gasteiger charge is 2.42. The van der Waals surface area contributed by atoms with E-state index in [9.17, 15) is 15.0 Å². The van der Waals surface area contributed by atoms with Crippen molar-refractivity contribution in [2.24, 2.45) is 11.8 Å². The molecule has 3 aliphatic heterocycles. The van der Waals surface area contributed by atoms with Gasteiger partial charge in [0.2, 0.25) is 0 Å². The van der Waals surface area contributed by atoms with Crippen molar-refractivity contribution in [3.05, 3.63) is 83.1 Å². The molecule has 0 spiro atoms. The zero-order valence-corrected chi connectivity index (χ0v) is 24.0. The maximum atomic E-state index is 12.2. The Balaban J connectivity index is 1.55. The van der Waals surface area contributed by atoms with E-state index in [1.54, 1.807) is 33.2 Å². The van der Waals surface area contributed by atoms with Gasteiger partial charge < -0.3 is 19.7 Å². The number of hydrogen-bond donors (Lipinski definition) is 2. The van der Waals surface area contributed by atoms with Gasteiger partial charge in [0.1, 0.15) is 5.75 Å². The molecule has 6 rings (SSSR count). The van der Waals surface area contributed by atoms with Crippen LogP contribution in [0.4, 0.5) is 0 Å². The summed E-state index contributed by atoms with van der Waals surface area (Å²) in [4.78, 5) is 19.3. The van der Waals surface area contributed by atoms with E-state index < -0.39 is 12.0 Å². The molecule has 214 valence electrons. The van der Waals surface area contributed by atoms with Crippen LogP contribution in [0.3, 0.4) is 0 Å². The normalized spacial score (nSPS) is 22.9. The molecule has 0 saturated carbocycles. The summed E-state index contributed by atoms with van der Waals surface area (Å²) in [6, 6.07) is 11.1. The molecule has 7 nitrogen and oxygen atoms in total. The Hall–Kier alpha value is -3.70. The van der Waals surface area contributed by atoms with Crippen molar-refractivity contribution >= 4 is 16.9 Å². The third-order valence-corrected chi connectivity index (χ3v) is 8.70. The Bertz CT molecular complexity index is 1510. The molecule has 3 saturated heterocycles. The molecule has 6 atom stereocenters. The minimum Gasteiger partial charge on any atom is -0.497 e. The Labute approximate surface area is 241 Å². The summed E-state index contributed by atoms with van der Waals surface area (Å²) in [5.41, 5.74) is 4.16. The molecule has 41 heavy (non-hydrogen) atoms. The number of aliphatic hydroxyl groups is 2. The maximum Gasteiger partial charge on any atom is 0.313 e. The molecule has 0 radical (unpaired) electrons. The van der Waals surface area contributed by atoms with Gasteiger partial charge in [-0.15, -0.1) is 6.58 Å². The Kier molecular flexibility index (Phi) is 8.74. The lowest BCUT2D eigenvalue weighted by Crippen LogP contribution is -2.54. The van der Waals surface area contributed by atoms with Crippen LogP contribution < -0.4 is 4.74 Å². The molecule has 0 amide bonds. The first-order valence-electron chi connectivity index (χ1n) is 14.3. The number of esters is 1. The van der Waals surface area contributed by atoms with E-state index in [-0.39, 0.29) is 18.6 Å². The number of aliphatic hydroxyl groups excluding tert-OH is 2. The smallest absolute Gasteiger partial charge is 0.313 e. The van der Waals surface area contributed by atoms with E-state index in [4.69, 9.17) is 9.47 Å². The first-order valence-corrected chi connectivity index (χ1v) is 14.3. The minimum absolute atomic E-state index is 0.0287. The van der Waals surface area contributed by atoms with Crippen LogP contribution in [0.5, 0.6) is 5.75 Å². The van der Waals surface area contributed by atoms with Crippen molar-refractivity contribution in [2.45, 2.75) is 51.4 Å². The van der Waals surface area contributed by atoms with Crippen LogP contribution in [0.15, 0.2) is 55.3 Å². The zero-order chi connectivity index (χ0) is 29.1. The van der Waals surface area contributed by atoms with Gasteiger partial charge in [-0.3, -0.25) is 14.7 Å². The maximum absolute atomic E-state index is 12.2. The van der Waals surface area contributed by atoms with Crippen molar-refractivity contribution in [3.63, 3.8) is 0 Å². The van der Waals surface area contributed by atoms with E-state index in [1.165, 1.54) is 0 Å². The lowest BCUT2D eigenvalue weighted by atomic mass is 9.73. The fourth-order valence-corrected chi connectivity index (χ4v) is 6.31. The third kappa shape index (κ3) is 5.73. The van der Waals surface area contributed by atoms with Crippen molar-refractivity contribution < 1.29 is 24.5 Å². The number of methoxy groups -OCH3 is 1. The average Bonchev–Trinajstić information content (AvgIpc) is 3.02. The number of hydrogen-bond acceptors (Lipinski definition) is 7. The standard InChI is InChI=1S/C34H38N2O5/c1-5-22-19-36-14-13-25(22)16-31(36)33(38)32-26(18-35-30-12-11-28(40-4)17-29(30)32)10-8-23-7-9-24(15-27(23)20-37)21(3)34(39)41-6-2/h5,7,9,11-12,15,17-18,21-22,25,31,33,37-38H,1,6,13-14,16,19-20H2,2-4H3/t21?,22-,25?,31-,33-/m0/s1. The molecular formula is C34H38N2O5. The van der Waals surface area contributed by atoms with Crippen LogP contribution in [0.1, 0.15) is 66.5 Å². The molecule has 7 heteroatoms. The van der Waals surface area contributed by atoms with Gasteiger partial charge in [-0.05, 0) is 80.5 Å². The van der Waals surface area contributed by atoms with Gasteiger partial charge in [0.05, 0.1) is 37.9 Å². The van der Waals surface area contributed by atoms with Gasteiger partial charge in [-0.25, -0.2) is 0 Å². The molecule has 3 aliphatic rings. The van der Waals surface area contributed by atoms with E-state index in [2.05, 4.69) is 34.4 Å². The van der Waals surface area contributed by atoms with Gasteiger partial charge >= 0.3 is 5.97 Å². The van der Waals surface area contributed by atoms with Crippen molar-refractivity contribution in [2.75, 3.05) is 26.8 Å². The fourth-order valence-electron chi connectivity index (χ4n) is 6.31. The Morgan fingerprint density at radius 2 is 2.05 bits per heavy atom. The zero-order valence-electron chi connectivity index (χ0n) is 24.0. The lowest BCUT2D eigenvalue weighted by Gasteiger charge is -2.50.